The number of primary amides is 1. The summed E-state index contributed by atoms with van der Waals surface area (Å²) in [6, 6.07) is 18.9. The Morgan fingerprint density at radius 2 is 1.71 bits per heavy atom. The Bertz CT molecular complexity index is 1240. The lowest BCUT2D eigenvalue weighted by molar-refractivity contribution is -0.137. The number of hydrogen-bond acceptors (Lipinski definition) is 6. The number of nitrogens with two attached hydrogens (primary N) is 1. The summed E-state index contributed by atoms with van der Waals surface area (Å²) in [4.78, 5) is 45.9. The zero-order valence-electron chi connectivity index (χ0n) is 16.3. The third-order valence-electron chi connectivity index (χ3n) is 4.70. The molecular weight excluding hydrogens is 412 g/mol. The number of thiazole rings is 1. The summed E-state index contributed by atoms with van der Waals surface area (Å²) in [6.07, 6.45) is 1.72. The minimum atomic E-state index is -1.10. The average Bonchev–Trinajstić information content (AvgIpc) is 3.23. The first-order valence-corrected chi connectivity index (χ1v) is 10.3. The number of hydrogen-bond donors (Lipinski definition) is 2. The number of pyridine rings is 1. The molecule has 0 radical (unpaired) electrons. The predicted molar refractivity (Wildman–Crippen MR) is 118 cm³/mol. The lowest BCUT2D eigenvalue weighted by Gasteiger charge is -2.17. The van der Waals surface area contributed by atoms with Gasteiger partial charge in [-0.1, -0.05) is 42.5 Å². The first-order valence-electron chi connectivity index (χ1n) is 9.52. The first kappa shape index (κ1) is 20.4. The highest BCUT2D eigenvalue weighted by molar-refractivity contribution is 7.21. The van der Waals surface area contributed by atoms with Gasteiger partial charge < -0.3 is 11.1 Å². The first-order chi connectivity index (χ1) is 15.0. The van der Waals surface area contributed by atoms with Gasteiger partial charge in [0.2, 0.25) is 5.78 Å². The van der Waals surface area contributed by atoms with Crippen LogP contribution in [0.2, 0.25) is 0 Å². The molecule has 0 spiro atoms. The van der Waals surface area contributed by atoms with E-state index in [1.54, 1.807) is 18.3 Å². The van der Waals surface area contributed by atoms with Crippen LogP contribution in [0.5, 0.6) is 0 Å². The number of nitrogens with zero attached hydrogens (tertiary/aromatic N) is 2. The van der Waals surface area contributed by atoms with Crippen LogP contribution in [0.4, 0.5) is 0 Å². The highest BCUT2D eigenvalue weighted by Gasteiger charge is 2.27. The van der Waals surface area contributed by atoms with Gasteiger partial charge in [-0.3, -0.25) is 19.4 Å². The van der Waals surface area contributed by atoms with Crippen LogP contribution in [0.3, 0.4) is 0 Å². The molecular formula is C23H18N4O3S. The molecule has 2 aromatic carbocycles. The topological polar surface area (TPSA) is 115 Å². The van der Waals surface area contributed by atoms with Crippen LogP contribution < -0.4 is 11.1 Å². The number of para-hydroxylation sites is 1. The van der Waals surface area contributed by atoms with E-state index in [0.717, 1.165) is 15.8 Å². The molecule has 0 aliphatic rings. The van der Waals surface area contributed by atoms with Crippen LogP contribution in [-0.4, -0.2) is 33.6 Å². The van der Waals surface area contributed by atoms with Crippen LogP contribution in [0.1, 0.15) is 15.9 Å². The molecule has 2 amide bonds. The maximum Gasteiger partial charge on any atom is 0.287 e. The highest BCUT2D eigenvalue weighted by atomic mass is 32.1. The van der Waals surface area contributed by atoms with E-state index in [1.165, 1.54) is 11.3 Å². The minimum Gasteiger partial charge on any atom is -0.363 e. The van der Waals surface area contributed by atoms with Gasteiger partial charge in [-0.2, -0.15) is 0 Å². The summed E-state index contributed by atoms with van der Waals surface area (Å²) in [5.41, 5.74) is 7.48. The van der Waals surface area contributed by atoms with Crippen LogP contribution in [0, 0.1) is 0 Å². The van der Waals surface area contributed by atoms with E-state index < -0.39 is 23.6 Å². The van der Waals surface area contributed by atoms with Crippen molar-refractivity contribution in [2.24, 2.45) is 5.73 Å². The maximum absolute atomic E-state index is 13.1. The third kappa shape index (κ3) is 4.49. The van der Waals surface area contributed by atoms with Gasteiger partial charge in [-0.05, 0) is 29.8 Å². The van der Waals surface area contributed by atoms with Crippen molar-refractivity contribution in [3.05, 3.63) is 84.1 Å². The molecule has 0 fully saturated rings. The third-order valence-corrected chi connectivity index (χ3v) is 5.74. The van der Waals surface area contributed by atoms with Gasteiger partial charge in [-0.25, -0.2) is 4.98 Å². The van der Waals surface area contributed by atoms with Crippen molar-refractivity contribution in [2.75, 3.05) is 0 Å². The summed E-state index contributed by atoms with van der Waals surface area (Å²) < 4.78 is 0.973. The molecule has 0 saturated heterocycles. The molecule has 4 aromatic rings. The Morgan fingerprint density at radius 1 is 0.968 bits per heavy atom. The second-order valence-electron chi connectivity index (χ2n) is 6.83. The SMILES string of the molecule is NC(=O)C(=O)C(Cc1ccccc1)NC(=O)c1cccnc1-c1nc2ccccc2s1. The number of nitrogens with one attached hydrogen (secondary N) is 1. The van der Waals surface area contributed by atoms with E-state index in [9.17, 15) is 14.4 Å². The van der Waals surface area contributed by atoms with E-state index in [4.69, 9.17) is 5.73 Å². The number of ketones is 1. The van der Waals surface area contributed by atoms with Gasteiger partial charge in [0.15, 0.2) is 0 Å². The van der Waals surface area contributed by atoms with Crippen molar-refractivity contribution in [1.29, 1.82) is 0 Å². The zero-order chi connectivity index (χ0) is 21.8. The molecule has 7 nitrogen and oxygen atoms in total. The Kier molecular flexibility index (Phi) is 5.81. The zero-order valence-corrected chi connectivity index (χ0v) is 17.1. The maximum atomic E-state index is 13.1. The van der Waals surface area contributed by atoms with Crippen LogP contribution in [-0.2, 0) is 16.0 Å². The van der Waals surface area contributed by atoms with Crippen molar-refractivity contribution < 1.29 is 14.4 Å². The van der Waals surface area contributed by atoms with E-state index in [1.807, 2.05) is 54.6 Å². The molecule has 8 heteroatoms. The van der Waals surface area contributed by atoms with Gasteiger partial charge in [0.25, 0.3) is 11.8 Å². The quantitative estimate of drug-likeness (QED) is 0.438. The Morgan fingerprint density at radius 3 is 2.45 bits per heavy atom. The van der Waals surface area contributed by atoms with Gasteiger partial charge >= 0.3 is 0 Å². The van der Waals surface area contributed by atoms with Crippen LogP contribution in [0.25, 0.3) is 20.9 Å². The van der Waals surface area contributed by atoms with Gasteiger partial charge in [-0.15, -0.1) is 11.3 Å². The fraction of sp³-hybridized carbons (Fsp3) is 0.0870. The predicted octanol–water partition coefficient (Wildman–Crippen LogP) is 2.75. The standard InChI is InChI=1S/C23H18N4O3S/c24-21(29)20(28)17(13-14-7-2-1-3-8-14)26-22(30)15-9-6-12-25-19(15)23-27-16-10-4-5-11-18(16)31-23/h1-12,17H,13H2,(H2,24,29)(H,26,30). The Balaban J connectivity index is 1.65. The van der Waals surface area contributed by atoms with Crippen LogP contribution in [0.15, 0.2) is 72.9 Å². The molecule has 0 aliphatic heterocycles. The van der Waals surface area contributed by atoms with E-state index in [-0.39, 0.29) is 12.0 Å². The molecule has 3 N–H and O–H groups in total. The average molecular weight is 430 g/mol. The van der Waals surface area contributed by atoms with Gasteiger partial charge in [0.1, 0.15) is 16.7 Å². The molecule has 2 aromatic heterocycles. The molecule has 2 heterocycles. The number of rotatable bonds is 7. The van der Waals surface area contributed by atoms with Crippen LogP contribution >= 0.6 is 11.3 Å². The molecule has 4 rings (SSSR count). The van der Waals surface area contributed by atoms with E-state index >= 15 is 0 Å². The minimum absolute atomic E-state index is 0.144. The second-order valence-corrected chi connectivity index (χ2v) is 7.86. The molecule has 154 valence electrons. The van der Waals surface area contributed by atoms with Crippen molar-refractivity contribution in [3.8, 4) is 10.7 Å². The Labute approximate surface area is 182 Å². The van der Waals surface area contributed by atoms with Crippen molar-refractivity contribution >= 4 is 39.2 Å². The smallest absolute Gasteiger partial charge is 0.287 e. The number of carbonyl (C=O) groups is 3. The summed E-state index contributed by atoms with van der Waals surface area (Å²) >= 11 is 1.42. The van der Waals surface area contributed by atoms with Crippen molar-refractivity contribution in [1.82, 2.24) is 15.3 Å². The fourth-order valence-electron chi connectivity index (χ4n) is 3.20. The number of aromatic nitrogens is 2. The van der Waals surface area contributed by atoms with Crippen molar-refractivity contribution in [2.45, 2.75) is 12.5 Å². The number of benzene rings is 2. The molecule has 1 unspecified atom stereocenters. The van der Waals surface area contributed by atoms with Crippen molar-refractivity contribution in [3.63, 3.8) is 0 Å². The summed E-state index contributed by atoms with van der Waals surface area (Å²) in [7, 11) is 0. The molecule has 0 aliphatic carbocycles. The lowest BCUT2D eigenvalue weighted by Crippen LogP contribution is -2.47. The molecule has 1 atom stereocenters. The van der Waals surface area contributed by atoms with Gasteiger partial charge in [0, 0.05) is 12.6 Å². The fourth-order valence-corrected chi connectivity index (χ4v) is 4.18. The number of amides is 2. The van der Waals surface area contributed by atoms with E-state index in [2.05, 4.69) is 15.3 Å². The normalized spacial score (nSPS) is 11.7. The number of fused-ring (bicyclic) bond motifs is 1. The summed E-state index contributed by atoms with van der Waals surface area (Å²) in [6.45, 7) is 0. The number of Topliss-reactive ketones (excluding diaryl/α,β-unsaturated/α-hetero) is 1. The van der Waals surface area contributed by atoms with Gasteiger partial charge in [0.05, 0.1) is 15.8 Å². The Hall–Kier alpha value is -3.91. The molecule has 31 heavy (non-hydrogen) atoms. The monoisotopic (exact) mass is 430 g/mol. The lowest BCUT2D eigenvalue weighted by atomic mass is 10.0. The highest BCUT2D eigenvalue weighted by Crippen LogP contribution is 2.30. The summed E-state index contributed by atoms with van der Waals surface area (Å²) in [5.74, 6) is -2.49. The van der Waals surface area contributed by atoms with E-state index in [0.29, 0.717) is 10.7 Å². The largest absolute Gasteiger partial charge is 0.363 e. The second kappa shape index (κ2) is 8.85. The summed E-state index contributed by atoms with van der Waals surface area (Å²) in [5, 5.41) is 3.24. The molecule has 0 saturated carbocycles. The molecule has 0 bridgehead atoms. The number of carbonyl (C=O) groups excluding carboxylic acids is 3.